The molecule has 1 aliphatic heterocycles. The standard InChI is InChI=1S/C25H30N8O3/c26-14-24(5-6-24)15-36-23-30-20(21(34)32-25-10-17(11-25)12-25)29-22(31-23)33-8-3-16(4-9-33)13-35-18-2-1-7-28-19(18)27/h1-2,7,16-17H,3-6,8-13,15H2,(H2,27,28)(H,32,34). The number of rotatable bonds is 9. The van der Waals surface area contributed by atoms with E-state index >= 15 is 0 Å². The summed E-state index contributed by atoms with van der Waals surface area (Å²) in [6.45, 7) is 2.21. The Morgan fingerprint density at radius 3 is 2.61 bits per heavy atom. The molecule has 5 fully saturated rings. The first kappa shape index (κ1) is 22.8. The molecule has 1 amide bonds. The van der Waals surface area contributed by atoms with Crippen LogP contribution in [0, 0.1) is 28.6 Å². The third-order valence-electron chi connectivity index (χ3n) is 7.96. The van der Waals surface area contributed by atoms with Crippen LogP contribution in [0.1, 0.15) is 55.6 Å². The number of ether oxygens (including phenoxy) is 2. The van der Waals surface area contributed by atoms with E-state index in [9.17, 15) is 10.1 Å². The molecule has 5 aliphatic rings. The van der Waals surface area contributed by atoms with E-state index in [4.69, 9.17) is 15.2 Å². The zero-order valence-corrected chi connectivity index (χ0v) is 20.2. The van der Waals surface area contributed by atoms with Gasteiger partial charge in [-0.3, -0.25) is 4.79 Å². The van der Waals surface area contributed by atoms with Gasteiger partial charge in [-0.25, -0.2) is 4.98 Å². The van der Waals surface area contributed by atoms with Crippen molar-refractivity contribution in [2.24, 2.45) is 17.3 Å². The summed E-state index contributed by atoms with van der Waals surface area (Å²) in [4.78, 5) is 32.5. The molecular formula is C25H30N8O3. The van der Waals surface area contributed by atoms with Crippen molar-refractivity contribution in [1.82, 2.24) is 25.3 Å². The number of amides is 1. The fraction of sp³-hybridized carbons (Fsp3) is 0.600. The van der Waals surface area contributed by atoms with Gasteiger partial charge in [-0.1, -0.05) is 0 Å². The summed E-state index contributed by atoms with van der Waals surface area (Å²) < 4.78 is 11.7. The van der Waals surface area contributed by atoms with Gasteiger partial charge in [0, 0.05) is 24.8 Å². The summed E-state index contributed by atoms with van der Waals surface area (Å²) in [7, 11) is 0. The topological polar surface area (TPSA) is 152 Å². The molecule has 3 heterocycles. The summed E-state index contributed by atoms with van der Waals surface area (Å²) in [5.41, 5.74) is 5.34. The Morgan fingerprint density at radius 1 is 1.19 bits per heavy atom. The molecule has 188 valence electrons. The molecular weight excluding hydrogens is 460 g/mol. The van der Waals surface area contributed by atoms with Gasteiger partial charge < -0.3 is 25.4 Å². The first-order valence-electron chi connectivity index (χ1n) is 12.7. The van der Waals surface area contributed by atoms with Crippen molar-refractivity contribution in [3.05, 3.63) is 24.2 Å². The van der Waals surface area contributed by atoms with Crippen LogP contribution in [0.15, 0.2) is 18.3 Å². The third kappa shape index (κ3) is 4.47. The van der Waals surface area contributed by atoms with E-state index in [0.29, 0.717) is 30.0 Å². The minimum absolute atomic E-state index is 0.0686. The van der Waals surface area contributed by atoms with Crippen LogP contribution in [-0.2, 0) is 0 Å². The number of carbonyl (C=O) groups excluding carboxylic acids is 1. The predicted octanol–water partition coefficient (Wildman–Crippen LogP) is 2.11. The Kier molecular flexibility index (Phi) is 5.54. The molecule has 4 aliphatic carbocycles. The largest absolute Gasteiger partial charge is 0.489 e. The van der Waals surface area contributed by atoms with Crippen molar-refractivity contribution in [3.8, 4) is 17.8 Å². The summed E-state index contributed by atoms with van der Waals surface area (Å²) in [5, 5.41) is 12.5. The summed E-state index contributed by atoms with van der Waals surface area (Å²) >= 11 is 0. The number of nitrogens with two attached hydrogens (primary N) is 1. The van der Waals surface area contributed by atoms with Crippen molar-refractivity contribution in [2.75, 3.05) is 36.9 Å². The third-order valence-corrected chi connectivity index (χ3v) is 7.96. The molecule has 11 heteroatoms. The maximum atomic E-state index is 13.0. The Morgan fingerprint density at radius 2 is 1.97 bits per heavy atom. The van der Waals surface area contributed by atoms with E-state index in [-0.39, 0.29) is 29.9 Å². The number of carbonyl (C=O) groups is 1. The highest BCUT2D eigenvalue weighted by atomic mass is 16.5. The molecule has 2 bridgehead atoms. The fourth-order valence-electron chi connectivity index (χ4n) is 5.26. The quantitative estimate of drug-likeness (QED) is 0.534. The highest BCUT2D eigenvalue weighted by Gasteiger charge is 2.57. The van der Waals surface area contributed by atoms with Gasteiger partial charge in [-0.2, -0.15) is 20.2 Å². The molecule has 1 saturated heterocycles. The van der Waals surface area contributed by atoms with Crippen molar-refractivity contribution < 1.29 is 14.3 Å². The minimum Gasteiger partial charge on any atom is -0.489 e. The Bertz CT molecular complexity index is 1190. The van der Waals surface area contributed by atoms with Gasteiger partial charge in [0.1, 0.15) is 6.61 Å². The van der Waals surface area contributed by atoms with Crippen LogP contribution in [0.3, 0.4) is 0 Å². The lowest BCUT2D eigenvalue weighted by Crippen LogP contribution is -2.68. The Balaban J connectivity index is 1.12. The van der Waals surface area contributed by atoms with Crippen molar-refractivity contribution in [1.29, 1.82) is 5.26 Å². The number of anilines is 2. The molecule has 4 saturated carbocycles. The lowest BCUT2D eigenvalue weighted by Gasteiger charge is -2.61. The van der Waals surface area contributed by atoms with Gasteiger partial charge in [0.2, 0.25) is 11.8 Å². The van der Waals surface area contributed by atoms with Gasteiger partial charge in [0.15, 0.2) is 11.6 Å². The summed E-state index contributed by atoms with van der Waals surface area (Å²) in [6, 6.07) is 6.04. The number of nitrogens with one attached hydrogen (secondary N) is 1. The van der Waals surface area contributed by atoms with Crippen LogP contribution in [-0.4, -0.2) is 57.7 Å². The highest BCUT2D eigenvalue weighted by Crippen LogP contribution is 2.57. The van der Waals surface area contributed by atoms with Crippen LogP contribution in [0.4, 0.5) is 11.8 Å². The number of pyridine rings is 1. The van der Waals surface area contributed by atoms with Crippen LogP contribution >= 0.6 is 0 Å². The van der Waals surface area contributed by atoms with Crippen LogP contribution in [0.2, 0.25) is 0 Å². The maximum absolute atomic E-state index is 13.0. The van der Waals surface area contributed by atoms with Gasteiger partial charge in [0.05, 0.1) is 18.1 Å². The SMILES string of the molecule is N#CC1(COc2nc(C(=O)NC34CC(C3)C4)nc(N3CCC(COc4cccnc4N)CC3)n2)CC1. The van der Waals surface area contributed by atoms with E-state index < -0.39 is 5.41 Å². The smallest absolute Gasteiger partial charge is 0.322 e. The number of hydrogen-bond acceptors (Lipinski definition) is 10. The first-order valence-corrected chi connectivity index (χ1v) is 12.7. The van der Waals surface area contributed by atoms with E-state index in [2.05, 4.69) is 36.2 Å². The van der Waals surface area contributed by atoms with Gasteiger partial charge >= 0.3 is 6.01 Å². The molecule has 0 aromatic carbocycles. The lowest BCUT2D eigenvalue weighted by atomic mass is 9.50. The number of nitriles is 1. The molecule has 0 spiro atoms. The van der Waals surface area contributed by atoms with Gasteiger partial charge in [-0.15, -0.1) is 0 Å². The van der Waals surface area contributed by atoms with Gasteiger partial charge in [0.25, 0.3) is 5.91 Å². The zero-order chi connectivity index (χ0) is 24.8. The van der Waals surface area contributed by atoms with Crippen LogP contribution < -0.4 is 25.4 Å². The van der Waals surface area contributed by atoms with E-state index in [1.165, 1.54) is 0 Å². The number of aromatic nitrogens is 4. The summed E-state index contributed by atoms with van der Waals surface area (Å²) in [6.07, 6.45) is 8.11. The van der Waals surface area contributed by atoms with Crippen LogP contribution in [0.5, 0.6) is 11.8 Å². The molecule has 3 N–H and O–H groups in total. The van der Waals surface area contributed by atoms with Crippen molar-refractivity contribution in [3.63, 3.8) is 0 Å². The predicted molar refractivity (Wildman–Crippen MR) is 129 cm³/mol. The van der Waals surface area contributed by atoms with Crippen molar-refractivity contribution in [2.45, 2.75) is 50.5 Å². The average Bonchev–Trinajstić information content (AvgIpc) is 3.64. The average molecular weight is 491 g/mol. The molecule has 7 rings (SSSR count). The first-order chi connectivity index (χ1) is 17.4. The summed E-state index contributed by atoms with van der Waals surface area (Å²) in [5.74, 6) is 2.31. The monoisotopic (exact) mass is 490 g/mol. The number of nitrogen functional groups attached to an aromatic ring is 1. The fourth-order valence-corrected chi connectivity index (χ4v) is 5.26. The lowest BCUT2D eigenvalue weighted by molar-refractivity contribution is -0.0441. The number of hydrogen-bond donors (Lipinski definition) is 2. The Labute approximate surface area is 209 Å². The molecule has 2 aromatic rings. The molecule has 2 aromatic heterocycles. The zero-order valence-electron chi connectivity index (χ0n) is 20.2. The molecule has 0 radical (unpaired) electrons. The van der Waals surface area contributed by atoms with E-state index in [1.807, 2.05) is 6.07 Å². The second kappa shape index (κ2) is 8.76. The maximum Gasteiger partial charge on any atom is 0.322 e. The molecule has 11 nitrogen and oxygen atoms in total. The van der Waals surface area contributed by atoms with E-state index in [0.717, 1.165) is 64.0 Å². The highest BCUT2D eigenvalue weighted by molar-refractivity contribution is 5.91. The van der Waals surface area contributed by atoms with Crippen molar-refractivity contribution >= 4 is 17.7 Å². The minimum atomic E-state index is -0.461. The second-order valence-electron chi connectivity index (χ2n) is 10.8. The second-order valence-corrected chi connectivity index (χ2v) is 10.8. The normalized spacial score (nSPS) is 25.6. The van der Waals surface area contributed by atoms with E-state index in [1.54, 1.807) is 12.3 Å². The van der Waals surface area contributed by atoms with Crippen LogP contribution in [0.25, 0.3) is 0 Å². The number of nitrogens with zero attached hydrogens (tertiary/aromatic N) is 6. The molecule has 36 heavy (non-hydrogen) atoms. The van der Waals surface area contributed by atoms with Gasteiger partial charge in [-0.05, 0) is 68.9 Å². The molecule has 0 unspecified atom stereocenters. The molecule has 0 atom stereocenters. The number of piperidine rings is 1. The Hall–Kier alpha value is -3.68.